The zero-order valence-electron chi connectivity index (χ0n) is 10.3. The number of halogens is 6. The SMILES string of the molecule is Clc1ccccc1C(Cl)(Cl)SC(Cl)(Cl)c1ccccc1Cl. The number of alkyl halides is 4. The van der Waals surface area contributed by atoms with Crippen molar-refractivity contribution in [1.82, 2.24) is 0 Å². The highest BCUT2D eigenvalue weighted by atomic mass is 35.5. The summed E-state index contributed by atoms with van der Waals surface area (Å²) >= 11 is 38.7. The third-order valence-electron chi connectivity index (χ3n) is 2.63. The fourth-order valence-electron chi connectivity index (χ4n) is 1.67. The molecule has 112 valence electrons. The molecule has 0 aromatic heterocycles. The first-order valence-electron chi connectivity index (χ1n) is 5.70. The molecule has 0 radical (unpaired) electrons. The molecule has 0 aliphatic carbocycles. The van der Waals surface area contributed by atoms with Crippen LogP contribution in [0.1, 0.15) is 11.1 Å². The van der Waals surface area contributed by atoms with Crippen LogP contribution in [0.15, 0.2) is 48.5 Å². The predicted molar refractivity (Wildman–Crippen MR) is 97.3 cm³/mol. The van der Waals surface area contributed by atoms with E-state index in [1.54, 1.807) is 48.5 Å². The van der Waals surface area contributed by atoms with Crippen LogP contribution in [-0.2, 0) is 7.33 Å². The maximum Gasteiger partial charge on any atom is 0.192 e. The zero-order chi connectivity index (χ0) is 15.7. The molecule has 0 bridgehead atoms. The van der Waals surface area contributed by atoms with E-state index in [-0.39, 0.29) is 0 Å². The molecule has 0 saturated carbocycles. The van der Waals surface area contributed by atoms with Crippen molar-refractivity contribution in [2.24, 2.45) is 0 Å². The highest BCUT2D eigenvalue weighted by molar-refractivity contribution is 8.05. The first-order chi connectivity index (χ1) is 9.74. The second kappa shape index (κ2) is 6.97. The fourth-order valence-corrected chi connectivity index (χ4v) is 5.95. The Morgan fingerprint density at radius 1 is 0.619 bits per heavy atom. The van der Waals surface area contributed by atoms with Gasteiger partial charge in [-0.15, -0.1) is 0 Å². The summed E-state index contributed by atoms with van der Waals surface area (Å²) < 4.78 is -2.86. The summed E-state index contributed by atoms with van der Waals surface area (Å²) in [4.78, 5) is 0. The van der Waals surface area contributed by atoms with Crippen LogP contribution in [0.3, 0.4) is 0 Å². The number of thioether (sulfide) groups is 1. The molecule has 0 amide bonds. The van der Waals surface area contributed by atoms with Gasteiger partial charge in [-0.1, -0.05) is 118 Å². The lowest BCUT2D eigenvalue weighted by molar-refractivity contribution is 1.19. The van der Waals surface area contributed by atoms with Crippen molar-refractivity contribution in [3.05, 3.63) is 69.7 Å². The van der Waals surface area contributed by atoms with Crippen molar-refractivity contribution in [1.29, 1.82) is 0 Å². The molecule has 0 unspecified atom stereocenters. The van der Waals surface area contributed by atoms with E-state index in [1.165, 1.54) is 0 Å². The Morgan fingerprint density at radius 3 is 1.29 bits per heavy atom. The first-order valence-corrected chi connectivity index (χ1v) is 8.78. The second-order valence-corrected chi connectivity index (χ2v) is 9.89. The molecule has 0 atom stereocenters. The third-order valence-corrected chi connectivity index (χ3v) is 5.98. The van der Waals surface area contributed by atoms with E-state index < -0.39 is 7.33 Å². The van der Waals surface area contributed by atoms with Gasteiger partial charge in [0.2, 0.25) is 0 Å². The van der Waals surface area contributed by atoms with E-state index in [2.05, 4.69) is 0 Å². The van der Waals surface area contributed by atoms with Gasteiger partial charge >= 0.3 is 0 Å². The molecule has 2 aromatic carbocycles. The molecule has 7 heteroatoms. The summed E-state index contributed by atoms with van der Waals surface area (Å²) in [6.07, 6.45) is 0. The summed E-state index contributed by atoms with van der Waals surface area (Å²) in [5, 5.41) is 0.858. The maximum absolute atomic E-state index is 6.39. The monoisotopic (exact) mass is 418 g/mol. The molecular weight excluding hydrogens is 413 g/mol. The summed E-state index contributed by atoms with van der Waals surface area (Å²) in [5.41, 5.74) is 1.02. The van der Waals surface area contributed by atoms with Crippen LogP contribution in [0, 0.1) is 0 Å². The fraction of sp³-hybridized carbons (Fsp3) is 0.143. The van der Waals surface area contributed by atoms with E-state index in [1.807, 2.05) is 0 Å². The Bertz CT molecular complexity index is 585. The summed E-state index contributed by atoms with van der Waals surface area (Å²) in [6.45, 7) is 0. The Kier molecular flexibility index (Phi) is 5.93. The topological polar surface area (TPSA) is 0 Å². The van der Waals surface area contributed by atoms with Crippen LogP contribution in [-0.4, -0.2) is 0 Å². The average molecular weight is 421 g/mol. The number of benzene rings is 2. The average Bonchev–Trinajstić information content (AvgIpc) is 2.38. The van der Waals surface area contributed by atoms with Crippen LogP contribution in [0.4, 0.5) is 0 Å². The van der Waals surface area contributed by atoms with Gasteiger partial charge in [0.1, 0.15) is 0 Å². The van der Waals surface area contributed by atoms with Gasteiger partial charge in [0.15, 0.2) is 7.33 Å². The van der Waals surface area contributed by atoms with Crippen LogP contribution in [0.5, 0.6) is 0 Å². The van der Waals surface area contributed by atoms with Crippen molar-refractivity contribution >= 4 is 81.4 Å². The highest BCUT2D eigenvalue weighted by Gasteiger charge is 2.41. The third kappa shape index (κ3) is 4.29. The summed E-state index contributed by atoms with van der Waals surface area (Å²) in [7, 11) is 0. The van der Waals surface area contributed by atoms with Gasteiger partial charge in [0.05, 0.1) is 0 Å². The van der Waals surface area contributed by atoms with Gasteiger partial charge in [-0.05, 0) is 12.1 Å². The predicted octanol–water partition coefficient (Wildman–Crippen LogP) is 7.60. The molecule has 2 rings (SSSR count). The smallest absolute Gasteiger partial charge is 0.0839 e. The van der Waals surface area contributed by atoms with Crippen molar-refractivity contribution in [2.75, 3.05) is 0 Å². The van der Waals surface area contributed by atoms with E-state index >= 15 is 0 Å². The molecule has 2 aromatic rings. The number of hydrogen-bond acceptors (Lipinski definition) is 1. The van der Waals surface area contributed by atoms with Crippen molar-refractivity contribution in [2.45, 2.75) is 7.33 Å². The molecule has 0 aliphatic rings. The molecule has 0 nitrogen and oxygen atoms in total. The van der Waals surface area contributed by atoms with Crippen LogP contribution in [0.2, 0.25) is 10.0 Å². The number of hydrogen-bond donors (Lipinski definition) is 0. The molecular formula is C14H8Cl6S. The van der Waals surface area contributed by atoms with E-state index in [0.717, 1.165) is 11.8 Å². The Hall–Kier alpha value is 0.530. The Morgan fingerprint density at radius 2 is 0.952 bits per heavy atom. The highest BCUT2D eigenvalue weighted by Crippen LogP contribution is 2.60. The molecule has 21 heavy (non-hydrogen) atoms. The lowest BCUT2D eigenvalue weighted by Gasteiger charge is -2.29. The minimum atomic E-state index is -1.43. The maximum atomic E-state index is 6.39. The van der Waals surface area contributed by atoms with Gasteiger partial charge in [-0.25, -0.2) is 0 Å². The quantitative estimate of drug-likeness (QED) is 0.459. The van der Waals surface area contributed by atoms with Crippen LogP contribution in [0.25, 0.3) is 0 Å². The van der Waals surface area contributed by atoms with E-state index in [4.69, 9.17) is 69.6 Å². The molecule has 0 aliphatic heterocycles. The van der Waals surface area contributed by atoms with Crippen molar-refractivity contribution in [3.63, 3.8) is 0 Å². The Labute approximate surface area is 157 Å². The van der Waals surface area contributed by atoms with Gasteiger partial charge in [0, 0.05) is 21.2 Å². The minimum Gasteiger partial charge on any atom is -0.0839 e. The molecule has 0 saturated heterocycles. The standard InChI is InChI=1S/C14H8Cl6S/c15-11-7-3-1-5-9(11)13(17,18)21-14(19,20)10-6-2-4-8-12(10)16/h1-8H. The lowest BCUT2D eigenvalue weighted by Crippen LogP contribution is -2.16. The zero-order valence-corrected chi connectivity index (χ0v) is 15.6. The van der Waals surface area contributed by atoms with Crippen LogP contribution >= 0.6 is 81.4 Å². The largest absolute Gasteiger partial charge is 0.192 e. The lowest BCUT2D eigenvalue weighted by atomic mass is 10.2. The van der Waals surface area contributed by atoms with Gasteiger partial charge < -0.3 is 0 Å². The summed E-state index contributed by atoms with van der Waals surface area (Å²) in [5.74, 6) is 0. The Balaban J connectivity index is 2.36. The van der Waals surface area contributed by atoms with Crippen molar-refractivity contribution in [3.8, 4) is 0 Å². The van der Waals surface area contributed by atoms with Crippen LogP contribution < -0.4 is 0 Å². The van der Waals surface area contributed by atoms with Gasteiger partial charge in [-0.2, -0.15) is 0 Å². The van der Waals surface area contributed by atoms with Gasteiger partial charge in [-0.3, -0.25) is 0 Å². The second-order valence-electron chi connectivity index (χ2n) is 4.10. The molecule has 0 spiro atoms. The summed E-state index contributed by atoms with van der Waals surface area (Å²) in [6, 6.07) is 13.9. The van der Waals surface area contributed by atoms with E-state index in [0.29, 0.717) is 21.2 Å². The first kappa shape index (κ1) is 17.9. The normalized spacial score (nSPS) is 12.5. The minimum absolute atomic E-state index is 0.429. The molecule has 0 N–H and O–H groups in total. The molecule has 0 fully saturated rings. The number of rotatable bonds is 4. The van der Waals surface area contributed by atoms with Gasteiger partial charge in [0.25, 0.3) is 0 Å². The molecule has 0 heterocycles. The van der Waals surface area contributed by atoms with E-state index in [9.17, 15) is 0 Å². The van der Waals surface area contributed by atoms with Crippen molar-refractivity contribution < 1.29 is 0 Å².